The van der Waals surface area contributed by atoms with Gasteiger partial charge in [-0.2, -0.15) is 0 Å². The molecule has 0 spiro atoms. The Bertz CT molecular complexity index is 660. The van der Waals surface area contributed by atoms with E-state index in [-0.39, 0.29) is 12.5 Å². The molecule has 1 atom stereocenters. The van der Waals surface area contributed by atoms with E-state index >= 15 is 0 Å². The second kappa shape index (κ2) is 8.16. The van der Waals surface area contributed by atoms with Crippen molar-refractivity contribution in [2.75, 3.05) is 19.7 Å². The van der Waals surface area contributed by atoms with Gasteiger partial charge in [0.05, 0.1) is 6.33 Å². The highest BCUT2D eigenvalue weighted by molar-refractivity contribution is 5.76. The Morgan fingerprint density at radius 3 is 2.84 bits per heavy atom. The van der Waals surface area contributed by atoms with Crippen LogP contribution in [0, 0.1) is 0 Å². The van der Waals surface area contributed by atoms with Gasteiger partial charge >= 0.3 is 0 Å². The number of rotatable bonds is 6. The second-order valence-electron chi connectivity index (χ2n) is 6.61. The van der Waals surface area contributed by atoms with E-state index in [4.69, 9.17) is 4.74 Å². The number of para-hydroxylation sites is 1. The molecule has 134 valence electrons. The zero-order chi connectivity index (χ0) is 17.5. The topological polar surface area (TPSA) is 67.6 Å². The van der Waals surface area contributed by atoms with Crippen molar-refractivity contribution < 1.29 is 14.6 Å². The van der Waals surface area contributed by atoms with Gasteiger partial charge < -0.3 is 19.3 Å². The molecule has 1 unspecified atom stereocenters. The summed E-state index contributed by atoms with van der Waals surface area (Å²) in [4.78, 5) is 18.3. The van der Waals surface area contributed by atoms with Crippen molar-refractivity contribution in [2.45, 2.75) is 37.8 Å². The Morgan fingerprint density at radius 2 is 2.08 bits per heavy atom. The standard InChI is InChI=1S/C19H25N3O3/c23-18(7-12-21-14-10-20-16-21)22-11-4-8-19(24,9-13-22)15-25-17-5-2-1-3-6-17/h1-3,5-6,10,14,16,24H,4,7-9,11-13,15H2. The largest absolute Gasteiger partial charge is 0.491 e. The van der Waals surface area contributed by atoms with Crippen LogP contribution >= 0.6 is 0 Å². The maximum Gasteiger partial charge on any atom is 0.224 e. The third-order valence-electron chi connectivity index (χ3n) is 4.66. The number of benzene rings is 1. The molecule has 6 nitrogen and oxygen atoms in total. The van der Waals surface area contributed by atoms with Crippen LogP contribution in [0.1, 0.15) is 25.7 Å². The summed E-state index contributed by atoms with van der Waals surface area (Å²) in [6.45, 7) is 2.15. The first kappa shape index (κ1) is 17.5. The molecule has 1 aromatic carbocycles. The van der Waals surface area contributed by atoms with Crippen molar-refractivity contribution in [1.29, 1.82) is 0 Å². The summed E-state index contributed by atoms with van der Waals surface area (Å²) < 4.78 is 7.64. The van der Waals surface area contributed by atoms with E-state index in [1.807, 2.05) is 46.0 Å². The number of imidazole rings is 1. The minimum atomic E-state index is -0.880. The number of aromatic nitrogens is 2. The van der Waals surface area contributed by atoms with Gasteiger partial charge in [-0.25, -0.2) is 4.98 Å². The molecule has 1 fully saturated rings. The van der Waals surface area contributed by atoms with Crippen LogP contribution in [-0.2, 0) is 11.3 Å². The molecular weight excluding hydrogens is 318 g/mol. The zero-order valence-electron chi connectivity index (χ0n) is 14.4. The van der Waals surface area contributed by atoms with Crippen LogP contribution in [0.25, 0.3) is 0 Å². The summed E-state index contributed by atoms with van der Waals surface area (Å²) in [5, 5.41) is 10.8. The highest BCUT2D eigenvalue weighted by atomic mass is 16.5. The van der Waals surface area contributed by atoms with Crippen molar-refractivity contribution in [2.24, 2.45) is 0 Å². The summed E-state index contributed by atoms with van der Waals surface area (Å²) in [6, 6.07) is 9.51. The van der Waals surface area contributed by atoms with Crippen LogP contribution in [-0.4, -0.2) is 50.8 Å². The van der Waals surface area contributed by atoms with Crippen molar-refractivity contribution >= 4 is 5.91 Å². The molecular formula is C19H25N3O3. The Balaban J connectivity index is 1.48. The normalized spacial score (nSPS) is 20.9. The fourth-order valence-corrected chi connectivity index (χ4v) is 3.11. The van der Waals surface area contributed by atoms with E-state index in [1.54, 1.807) is 12.5 Å². The van der Waals surface area contributed by atoms with E-state index in [0.717, 1.165) is 12.2 Å². The van der Waals surface area contributed by atoms with Crippen molar-refractivity contribution in [3.8, 4) is 5.75 Å². The Morgan fingerprint density at radius 1 is 1.24 bits per heavy atom. The summed E-state index contributed by atoms with van der Waals surface area (Å²) in [7, 11) is 0. The Hall–Kier alpha value is -2.34. The lowest BCUT2D eigenvalue weighted by Gasteiger charge is -2.27. The second-order valence-corrected chi connectivity index (χ2v) is 6.61. The molecule has 0 aliphatic carbocycles. The highest BCUT2D eigenvalue weighted by Crippen LogP contribution is 2.24. The zero-order valence-corrected chi connectivity index (χ0v) is 14.4. The van der Waals surface area contributed by atoms with Gasteiger partial charge in [0.15, 0.2) is 0 Å². The number of likely N-dealkylation sites (tertiary alicyclic amines) is 1. The number of hydrogen-bond donors (Lipinski definition) is 1. The third-order valence-corrected chi connectivity index (χ3v) is 4.66. The molecule has 1 N–H and O–H groups in total. The number of carbonyl (C=O) groups is 1. The van der Waals surface area contributed by atoms with E-state index < -0.39 is 5.60 Å². The molecule has 2 heterocycles. The van der Waals surface area contributed by atoms with Crippen LogP contribution in [0.3, 0.4) is 0 Å². The summed E-state index contributed by atoms with van der Waals surface area (Å²) in [6.07, 6.45) is 7.70. The Kier molecular flexibility index (Phi) is 5.71. The molecule has 1 aromatic heterocycles. The highest BCUT2D eigenvalue weighted by Gasteiger charge is 2.32. The SMILES string of the molecule is O=C(CCn1ccnc1)N1CCCC(O)(COc2ccccc2)CC1. The monoisotopic (exact) mass is 343 g/mol. The first-order chi connectivity index (χ1) is 12.1. The van der Waals surface area contributed by atoms with Crippen LogP contribution in [0.15, 0.2) is 49.1 Å². The average Bonchev–Trinajstić information content (AvgIpc) is 3.08. The lowest BCUT2D eigenvalue weighted by atomic mass is 9.96. The van der Waals surface area contributed by atoms with Gasteiger partial charge in [-0.15, -0.1) is 0 Å². The molecule has 0 saturated carbocycles. The van der Waals surface area contributed by atoms with Crippen LogP contribution in [0.5, 0.6) is 5.75 Å². The van der Waals surface area contributed by atoms with Gasteiger partial charge in [-0.3, -0.25) is 4.79 Å². The summed E-state index contributed by atoms with van der Waals surface area (Å²) >= 11 is 0. The van der Waals surface area contributed by atoms with Crippen molar-refractivity contribution in [1.82, 2.24) is 14.5 Å². The van der Waals surface area contributed by atoms with Gasteiger partial charge in [0.25, 0.3) is 0 Å². The van der Waals surface area contributed by atoms with Crippen LogP contribution in [0.2, 0.25) is 0 Å². The molecule has 1 aliphatic rings. The van der Waals surface area contributed by atoms with Gasteiger partial charge in [0.1, 0.15) is 18.0 Å². The number of ether oxygens (including phenoxy) is 1. The van der Waals surface area contributed by atoms with Gasteiger partial charge in [0, 0.05) is 38.4 Å². The minimum absolute atomic E-state index is 0.127. The number of aryl methyl sites for hydroxylation is 1. The third kappa shape index (κ3) is 5.06. The van der Waals surface area contributed by atoms with E-state index in [1.165, 1.54) is 0 Å². The molecule has 1 saturated heterocycles. The first-order valence-corrected chi connectivity index (χ1v) is 8.78. The predicted molar refractivity (Wildman–Crippen MR) is 94.2 cm³/mol. The van der Waals surface area contributed by atoms with E-state index in [0.29, 0.717) is 38.9 Å². The fraction of sp³-hybridized carbons (Fsp3) is 0.474. The van der Waals surface area contributed by atoms with E-state index in [2.05, 4.69) is 4.98 Å². The maximum absolute atomic E-state index is 12.4. The minimum Gasteiger partial charge on any atom is -0.491 e. The van der Waals surface area contributed by atoms with E-state index in [9.17, 15) is 9.90 Å². The maximum atomic E-state index is 12.4. The number of aliphatic hydroxyl groups is 1. The van der Waals surface area contributed by atoms with Crippen molar-refractivity contribution in [3.63, 3.8) is 0 Å². The fourth-order valence-electron chi connectivity index (χ4n) is 3.11. The average molecular weight is 343 g/mol. The lowest BCUT2D eigenvalue weighted by Crippen LogP contribution is -2.38. The number of hydrogen-bond acceptors (Lipinski definition) is 4. The summed E-state index contributed by atoms with van der Waals surface area (Å²) in [5.41, 5.74) is -0.880. The number of nitrogens with zero attached hydrogens (tertiary/aromatic N) is 3. The number of amides is 1. The van der Waals surface area contributed by atoms with Gasteiger partial charge in [-0.05, 0) is 31.4 Å². The lowest BCUT2D eigenvalue weighted by molar-refractivity contribution is -0.131. The molecule has 2 aromatic rings. The summed E-state index contributed by atoms with van der Waals surface area (Å²) in [5.74, 6) is 0.885. The van der Waals surface area contributed by atoms with Crippen molar-refractivity contribution in [3.05, 3.63) is 49.1 Å². The molecule has 0 bridgehead atoms. The van der Waals surface area contributed by atoms with Gasteiger partial charge in [-0.1, -0.05) is 18.2 Å². The van der Waals surface area contributed by atoms with Gasteiger partial charge in [0.2, 0.25) is 5.91 Å². The molecule has 6 heteroatoms. The number of carbonyl (C=O) groups excluding carboxylic acids is 1. The molecule has 1 aliphatic heterocycles. The molecule has 25 heavy (non-hydrogen) atoms. The Labute approximate surface area is 148 Å². The van der Waals surface area contributed by atoms with Crippen LogP contribution < -0.4 is 4.74 Å². The predicted octanol–water partition coefficient (Wildman–Crippen LogP) is 2.10. The van der Waals surface area contributed by atoms with Crippen LogP contribution in [0.4, 0.5) is 0 Å². The molecule has 0 radical (unpaired) electrons. The quantitative estimate of drug-likeness (QED) is 0.872. The molecule has 1 amide bonds. The molecule has 3 rings (SSSR count). The first-order valence-electron chi connectivity index (χ1n) is 8.78. The smallest absolute Gasteiger partial charge is 0.224 e.